The maximum atomic E-state index is 12.9. The van der Waals surface area contributed by atoms with Gasteiger partial charge in [-0.25, -0.2) is 0 Å². The molecule has 0 spiro atoms. The standard InChI is InChI=1S/C24H25NO6S/c1-29-20-11-13-23(14-12-20)32(27,28)31-21-9-7-18(8-10-21)16-25(17-22-6-3-15-30-22)24(26)19-4-2-5-19/h3,6-15,19H,2,4-5,16-17H2,1H3. The first-order valence-corrected chi connectivity index (χ1v) is 11.8. The number of amides is 1. The highest BCUT2D eigenvalue weighted by molar-refractivity contribution is 7.87. The number of carbonyl (C=O) groups excluding carboxylic acids is 1. The van der Waals surface area contributed by atoms with Crippen molar-refractivity contribution in [3.05, 3.63) is 78.3 Å². The van der Waals surface area contributed by atoms with E-state index in [-0.39, 0.29) is 22.5 Å². The number of carbonyl (C=O) groups is 1. The predicted molar refractivity (Wildman–Crippen MR) is 118 cm³/mol. The lowest BCUT2D eigenvalue weighted by molar-refractivity contribution is -0.139. The molecule has 0 N–H and O–H groups in total. The van der Waals surface area contributed by atoms with Gasteiger partial charge in [0.25, 0.3) is 0 Å². The highest BCUT2D eigenvalue weighted by atomic mass is 32.2. The van der Waals surface area contributed by atoms with Crippen LogP contribution < -0.4 is 8.92 Å². The van der Waals surface area contributed by atoms with Gasteiger partial charge in [-0.2, -0.15) is 8.42 Å². The Labute approximate surface area is 187 Å². The van der Waals surface area contributed by atoms with Gasteiger partial charge in [-0.3, -0.25) is 4.79 Å². The summed E-state index contributed by atoms with van der Waals surface area (Å²) in [6.07, 6.45) is 4.52. The fourth-order valence-electron chi connectivity index (χ4n) is 3.50. The van der Waals surface area contributed by atoms with Gasteiger partial charge in [0.2, 0.25) is 5.91 Å². The van der Waals surface area contributed by atoms with E-state index >= 15 is 0 Å². The largest absolute Gasteiger partial charge is 0.497 e. The summed E-state index contributed by atoms with van der Waals surface area (Å²) in [5.74, 6) is 1.68. The smallest absolute Gasteiger partial charge is 0.339 e. The summed E-state index contributed by atoms with van der Waals surface area (Å²) in [5.41, 5.74) is 0.874. The number of ether oxygens (including phenoxy) is 1. The van der Waals surface area contributed by atoms with Crippen LogP contribution in [0.1, 0.15) is 30.6 Å². The van der Waals surface area contributed by atoms with E-state index in [1.165, 1.54) is 19.2 Å². The molecule has 1 amide bonds. The van der Waals surface area contributed by atoms with E-state index in [1.807, 2.05) is 6.07 Å². The number of nitrogens with zero attached hydrogens (tertiary/aromatic N) is 1. The molecule has 4 rings (SSSR count). The first-order valence-electron chi connectivity index (χ1n) is 10.4. The van der Waals surface area contributed by atoms with Crippen LogP contribution in [0.3, 0.4) is 0 Å². The van der Waals surface area contributed by atoms with Gasteiger partial charge in [0.05, 0.1) is 19.9 Å². The molecule has 3 aromatic rings. The minimum Gasteiger partial charge on any atom is -0.497 e. The molecule has 0 bridgehead atoms. The van der Waals surface area contributed by atoms with Crippen LogP contribution in [0.2, 0.25) is 0 Å². The van der Waals surface area contributed by atoms with Crippen molar-refractivity contribution < 1.29 is 26.5 Å². The lowest BCUT2D eigenvalue weighted by Crippen LogP contribution is -2.38. The second-order valence-corrected chi connectivity index (χ2v) is 9.30. The molecule has 7 nitrogen and oxygen atoms in total. The van der Waals surface area contributed by atoms with E-state index < -0.39 is 10.1 Å². The lowest BCUT2D eigenvalue weighted by atomic mass is 9.84. The van der Waals surface area contributed by atoms with E-state index in [4.69, 9.17) is 13.3 Å². The predicted octanol–water partition coefficient (Wildman–Crippen LogP) is 4.38. The first kappa shape index (κ1) is 22.0. The Morgan fingerprint density at radius 2 is 1.69 bits per heavy atom. The molecule has 1 aromatic heterocycles. The number of hydrogen-bond donors (Lipinski definition) is 0. The van der Waals surface area contributed by atoms with E-state index in [2.05, 4.69) is 0 Å². The number of rotatable bonds is 9. The quantitative estimate of drug-likeness (QED) is 0.445. The van der Waals surface area contributed by atoms with E-state index in [0.717, 1.165) is 30.6 Å². The number of benzene rings is 2. The van der Waals surface area contributed by atoms with Crippen LogP contribution >= 0.6 is 0 Å². The van der Waals surface area contributed by atoms with Crippen LogP contribution in [-0.2, 0) is 28.0 Å². The molecule has 0 radical (unpaired) electrons. The van der Waals surface area contributed by atoms with Gasteiger partial charge >= 0.3 is 10.1 Å². The molecule has 0 unspecified atom stereocenters. The van der Waals surface area contributed by atoms with Crippen molar-refractivity contribution in [3.63, 3.8) is 0 Å². The molecular formula is C24H25NO6S. The normalized spacial score (nSPS) is 13.9. The maximum Gasteiger partial charge on any atom is 0.339 e. The fourth-order valence-corrected chi connectivity index (χ4v) is 4.43. The summed E-state index contributed by atoms with van der Waals surface area (Å²) in [7, 11) is -2.45. The summed E-state index contributed by atoms with van der Waals surface area (Å²) in [6, 6.07) is 16.4. The minimum absolute atomic E-state index is 0.0399. The van der Waals surface area contributed by atoms with Crippen LogP contribution in [0.25, 0.3) is 0 Å². The number of hydrogen-bond acceptors (Lipinski definition) is 6. The first-order chi connectivity index (χ1) is 15.4. The average Bonchev–Trinajstić information content (AvgIpc) is 3.26. The Bertz CT molecular complexity index is 1130. The van der Waals surface area contributed by atoms with Crippen LogP contribution in [0.5, 0.6) is 11.5 Å². The molecule has 2 aromatic carbocycles. The van der Waals surface area contributed by atoms with Crippen molar-refractivity contribution in [1.29, 1.82) is 0 Å². The Balaban J connectivity index is 1.44. The van der Waals surface area contributed by atoms with Gasteiger partial charge in [0.1, 0.15) is 22.2 Å². The SMILES string of the molecule is COc1ccc(S(=O)(=O)Oc2ccc(CN(Cc3ccco3)C(=O)C3CCC3)cc2)cc1. The van der Waals surface area contributed by atoms with E-state index in [9.17, 15) is 13.2 Å². The molecule has 1 aliphatic rings. The van der Waals surface area contributed by atoms with Gasteiger partial charge in [0, 0.05) is 12.5 Å². The number of furan rings is 1. The van der Waals surface area contributed by atoms with Crippen molar-refractivity contribution in [2.75, 3.05) is 7.11 Å². The zero-order valence-electron chi connectivity index (χ0n) is 17.8. The second kappa shape index (κ2) is 9.48. The van der Waals surface area contributed by atoms with Crippen molar-refractivity contribution in [2.45, 2.75) is 37.2 Å². The molecule has 1 fully saturated rings. The summed E-state index contributed by atoms with van der Waals surface area (Å²) in [6.45, 7) is 0.800. The summed E-state index contributed by atoms with van der Waals surface area (Å²) < 4.78 is 40.8. The van der Waals surface area contributed by atoms with Crippen LogP contribution in [-0.4, -0.2) is 26.3 Å². The van der Waals surface area contributed by atoms with Crippen molar-refractivity contribution in [3.8, 4) is 11.5 Å². The molecule has 1 saturated carbocycles. The lowest BCUT2D eigenvalue weighted by Gasteiger charge is -2.31. The molecule has 168 valence electrons. The topological polar surface area (TPSA) is 86.1 Å². The Morgan fingerprint density at radius 1 is 1.00 bits per heavy atom. The summed E-state index contributed by atoms with van der Waals surface area (Å²) >= 11 is 0. The summed E-state index contributed by atoms with van der Waals surface area (Å²) in [4.78, 5) is 14.7. The van der Waals surface area contributed by atoms with Crippen molar-refractivity contribution in [2.24, 2.45) is 5.92 Å². The molecule has 8 heteroatoms. The average molecular weight is 456 g/mol. The van der Waals surface area contributed by atoms with Gasteiger partial charge < -0.3 is 18.2 Å². The van der Waals surface area contributed by atoms with Crippen LogP contribution in [0, 0.1) is 5.92 Å². The molecule has 0 atom stereocenters. The summed E-state index contributed by atoms with van der Waals surface area (Å²) in [5, 5.41) is 0. The highest BCUT2D eigenvalue weighted by Gasteiger charge is 2.30. The zero-order valence-corrected chi connectivity index (χ0v) is 18.6. The Hall–Kier alpha value is -3.26. The van der Waals surface area contributed by atoms with Gasteiger partial charge in [0.15, 0.2) is 0 Å². The zero-order chi connectivity index (χ0) is 22.6. The molecule has 1 aliphatic carbocycles. The second-order valence-electron chi connectivity index (χ2n) is 7.76. The Kier molecular flexibility index (Phi) is 6.50. The number of methoxy groups -OCH3 is 1. The minimum atomic E-state index is -3.96. The van der Waals surface area contributed by atoms with Gasteiger partial charge in [-0.05, 0) is 66.9 Å². The molecule has 0 aliphatic heterocycles. The Morgan fingerprint density at radius 3 is 2.25 bits per heavy atom. The molecular weight excluding hydrogens is 430 g/mol. The maximum absolute atomic E-state index is 12.9. The van der Waals surface area contributed by atoms with Crippen LogP contribution in [0.15, 0.2) is 76.2 Å². The highest BCUT2D eigenvalue weighted by Crippen LogP contribution is 2.30. The molecule has 1 heterocycles. The van der Waals surface area contributed by atoms with Crippen molar-refractivity contribution in [1.82, 2.24) is 4.90 Å². The third-order valence-electron chi connectivity index (χ3n) is 5.54. The molecule has 0 saturated heterocycles. The fraction of sp³-hybridized carbons (Fsp3) is 0.292. The van der Waals surface area contributed by atoms with Gasteiger partial charge in [-0.1, -0.05) is 18.6 Å². The van der Waals surface area contributed by atoms with Gasteiger partial charge in [-0.15, -0.1) is 0 Å². The van der Waals surface area contributed by atoms with E-state index in [0.29, 0.717) is 18.8 Å². The molecule has 32 heavy (non-hydrogen) atoms. The van der Waals surface area contributed by atoms with Crippen molar-refractivity contribution >= 4 is 16.0 Å². The van der Waals surface area contributed by atoms with E-state index in [1.54, 1.807) is 53.6 Å². The third kappa shape index (κ3) is 5.13. The monoisotopic (exact) mass is 455 g/mol. The van der Waals surface area contributed by atoms with Crippen LogP contribution in [0.4, 0.5) is 0 Å². The third-order valence-corrected chi connectivity index (χ3v) is 6.81.